The molecular formula is C16H14O4. The second-order valence-corrected chi connectivity index (χ2v) is 4.06. The fraction of sp³-hybridized carbons (Fsp3) is 0.125. The second-order valence-electron chi connectivity index (χ2n) is 4.06. The van der Waals surface area contributed by atoms with E-state index in [0.29, 0.717) is 17.1 Å². The van der Waals surface area contributed by atoms with Gasteiger partial charge in [-0.3, -0.25) is 0 Å². The monoisotopic (exact) mass is 270 g/mol. The van der Waals surface area contributed by atoms with Crippen LogP contribution < -0.4 is 9.47 Å². The third-order valence-corrected chi connectivity index (χ3v) is 2.64. The minimum atomic E-state index is -0.0263. The summed E-state index contributed by atoms with van der Waals surface area (Å²) in [6, 6.07) is 9.54. The summed E-state index contributed by atoms with van der Waals surface area (Å²) in [4.78, 5) is 0. The van der Waals surface area contributed by atoms with Gasteiger partial charge in [-0.05, 0) is 30.3 Å². The minimum absolute atomic E-state index is 0.0263. The van der Waals surface area contributed by atoms with E-state index in [4.69, 9.17) is 9.47 Å². The molecule has 0 saturated heterocycles. The molecular weight excluding hydrogens is 256 g/mol. The molecule has 0 heterocycles. The van der Waals surface area contributed by atoms with Gasteiger partial charge in [0.1, 0.15) is 11.5 Å². The van der Waals surface area contributed by atoms with Crippen LogP contribution in [-0.2, 0) is 0 Å². The van der Waals surface area contributed by atoms with Gasteiger partial charge in [0.25, 0.3) is 0 Å². The highest BCUT2D eigenvalue weighted by Gasteiger charge is 2.02. The van der Waals surface area contributed by atoms with Crippen molar-refractivity contribution in [3.8, 4) is 34.8 Å². The van der Waals surface area contributed by atoms with Gasteiger partial charge in [-0.15, -0.1) is 0 Å². The van der Waals surface area contributed by atoms with Crippen LogP contribution in [-0.4, -0.2) is 24.4 Å². The van der Waals surface area contributed by atoms with Gasteiger partial charge in [0.2, 0.25) is 0 Å². The summed E-state index contributed by atoms with van der Waals surface area (Å²) in [6.07, 6.45) is 0. The smallest absolute Gasteiger partial charge is 0.161 e. The third kappa shape index (κ3) is 3.15. The Balaban J connectivity index is 2.33. The Labute approximate surface area is 117 Å². The fourth-order valence-electron chi connectivity index (χ4n) is 1.73. The van der Waals surface area contributed by atoms with E-state index in [1.807, 2.05) is 0 Å². The molecule has 0 atom stereocenters. The zero-order valence-electron chi connectivity index (χ0n) is 11.2. The van der Waals surface area contributed by atoms with Crippen LogP contribution in [0.15, 0.2) is 36.4 Å². The van der Waals surface area contributed by atoms with Crippen molar-refractivity contribution in [1.29, 1.82) is 0 Å². The summed E-state index contributed by atoms with van der Waals surface area (Å²) in [7, 11) is 3.13. The average molecular weight is 270 g/mol. The van der Waals surface area contributed by atoms with Gasteiger partial charge in [-0.2, -0.15) is 0 Å². The van der Waals surface area contributed by atoms with Crippen LogP contribution in [0.2, 0.25) is 0 Å². The number of rotatable bonds is 2. The number of hydrogen-bond acceptors (Lipinski definition) is 4. The van der Waals surface area contributed by atoms with Gasteiger partial charge in [-0.1, -0.05) is 11.8 Å². The molecule has 4 nitrogen and oxygen atoms in total. The molecule has 0 aliphatic carbocycles. The van der Waals surface area contributed by atoms with Gasteiger partial charge < -0.3 is 19.7 Å². The molecule has 2 aromatic rings. The number of benzene rings is 2. The van der Waals surface area contributed by atoms with Crippen LogP contribution >= 0.6 is 0 Å². The number of aromatic hydroxyl groups is 2. The van der Waals surface area contributed by atoms with E-state index in [2.05, 4.69) is 11.8 Å². The van der Waals surface area contributed by atoms with Gasteiger partial charge >= 0.3 is 0 Å². The van der Waals surface area contributed by atoms with Crippen molar-refractivity contribution in [3.63, 3.8) is 0 Å². The van der Waals surface area contributed by atoms with Crippen molar-refractivity contribution < 1.29 is 19.7 Å². The van der Waals surface area contributed by atoms with Crippen molar-refractivity contribution in [1.82, 2.24) is 0 Å². The Morgan fingerprint density at radius 3 is 1.95 bits per heavy atom. The van der Waals surface area contributed by atoms with Gasteiger partial charge in [-0.25, -0.2) is 0 Å². The minimum Gasteiger partial charge on any atom is -0.508 e. The molecule has 0 bridgehead atoms. The van der Waals surface area contributed by atoms with E-state index in [9.17, 15) is 10.2 Å². The standard InChI is InChI=1S/C16H14O4/c1-19-15-6-5-11(9-16(15)20-2)3-4-12-7-13(17)10-14(18)8-12/h5-10,17-18H,1-2H3. The summed E-state index contributed by atoms with van der Waals surface area (Å²) < 4.78 is 10.3. The average Bonchev–Trinajstić information content (AvgIpc) is 2.43. The van der Waals surface area contributed by atoms with E-state index in [1.54, 1.807) is 32.4 Å². The largest absolute Gasteiger partial charge is 0.508 e. The first-order valence-corrected chi connectivity index (χ1v) is 5.89. The maximum absolute atomic E-state index is 9.38. The highest BCUT2D eigenvalue weighted by Crippen LogP contribution is 2.27. The zero-order chi connectivity index (χ0) is 14.5. The maximum atomic E-state index is 9.38. The molecule has 2 rings (SSSR count). The molecule has 4 heteroatoms. The molecule has 2 aromatic carbocycles. The predicted molar refractivity (Wildman–Crippen MR) is 75.3 cm³/mol. The topological polar surface area (TPSA) is 58.9 Å². The van der Waals surface area contributed by atoms with Crippen molar-refractivity contribution in [2.75, 3.05) is 14.2 Å². The molecule has 0 unspecified atom stereocenters. The summed E-state index contributed by atoms with van der Waals surface area (Å²) >= 11 is 0. The molecule has 0 radical (unpaired) electrons. The quantitative estimate of drug-likeness (QED) is 0.823. The van der Waals surface area contributed by atoms with Crippen molar-refractivity contribution in [2.24, 2.45) is 0 Å². The first-order chi connectivity index (χ1) is 9.62. The summed E-state index contributed by atoms with van der Waals surface area (Å²) in [5.41, 5.74) is 1.27. The number of phenolic OH excluding ortho intramolecular Hbond substituents is 2. The highest BCUT2D eigenvalue weighted by atomic mass is 16.5. The summed E-state index contributed by atoms with van der Waals surface area (Å²) in [6.45, 7) is 0. The number of phenols is 2. The number of ether oxygens (including phenoxy) is 2. The molecule has 0 saturated carbocycles. The van der Waals surface area contributed by atoms with Crippen molar-refractivity contribution in [2.45, 2.75) is 0 Å². The van der Waals surface area contributed by atoms with Crippen LogP contribution in [0.5, 0.6) is 23.0 Å². The lowest BCUT2D eigenvalue weighted by Crippen LogP contribution is -1.90. The second kappa shape index (κ2) is 5.89. The first kappa shape index (κ1) is 13.6. The molecule has 0 fully saturated rings. The lowest BCUT2D eigenvalue weighted by Gasteiger charge is -2.06. The van der Waals surface area contributed by atoms with Crippen LogP contribution in [0.1, 0.15) is 11.1 Å². The van der Waals surface area contributed by atoms with Gasteiger partial charge in [0, 0.05) is 17.2 Å². The van der Waals surface area contributed by atoms with E-state index < -0.39 is 0 Å². The molecule has 0 aliphatic rings. The van der Waals surface area contributed by atoms with Gasteiger partial charge in [0.05, 0.1) is 14.2 Å². The van der Waals surface area contributed by atoms with E-state index in [0.717, 1.165) is 5.56 Å². The number of methoxy groups -OCH3 is 2. The maximum Gasteiger partial charge on any atom is 0.161 e. The van der Waals surface area contributed by atoms with E-state index in [-0.39, 0.29) is 11.5 Å². The van der Waals surface area contributed by atoms with Crippen molar-refractivity contribution in [3.05, 3.63) is 47.5 Å². The normalized spacial score (nSPS) is 9.50. The lowest BCUT2D eigenvalue weighted by molar-refractivity contribution is 0.355. The molecule has 0 aliphatic heterocycles. The molecule has 102 valence electrons. The molecule has 20 heavy (non-hydrogen) atoms. The lowest BCUT2D eigenvalue weighted by atomic mass is 10.1. The molecule has 2 N–H and O–H groups in total. The first-order valence-electron chi connectivity index (χ1n) is 5.89. The highest BCUT2D eigenvalue weighted by molar-refractivity contribution is 5.52. The summed E-state index contributed by atoms with van der Waals surface area (Å²) in [5, 5.41) is 18.8. The Bertz CT molecular complexity index is 660. The molecule has 0 aromatic heterocycles. The Hall–Kier alpha value is -2.80. The fourth-order valence-corrected chi connectivity index (χ4v) is 1.73. The zero-order valence-corrected chi connectivity index (χ0v) is 11.2. The third-order valence-electron chi connectivity index (χ3n) is 2.64. The summed E-state index contributed by atoms with van der Waals surface area (Å²) in [5.74, 6) is 6.97. The van der Waals surface area contributed by atoms with E-state index in [1.165, 1.54) is 18.2 Å². The number of hydrogen-bond donors (Lipinski definition) is 2. The predicted octanol–water partition coefficient (Wildman–Crippen LogP) is 2.51. The Kier molecular flexibility index (Phi) is 4.02. The van der Waals surface area contributed by atoms with Crippen LogP contribution in [0.25, 0.3) is 0 Å². The SMILES string of the molecule is COc1ccc(C#Cc2cc(O)cc(O)c2)cc1OC. The Morgan fingerprint density at radius 1 is 0.750 bits per heavy atom. The van der Waals surface area contributed by atoms with Crippen molar-refractivity contribution >= 4 is 0 Å². The van der Waals surface area contributed by atoms with Gasteiger partial charge in [0.15, 0.2) is 11.5 Å². The van der Waals surface area contributed by atoms with Crippen LogP contribution in [0.4, 0.5) is 0 Å². The van der Waals surface area contributed by atoms with Crippen LogP contribution in [0, 0.1) is 11.8 Å². The van der Waals surface area contributed by atoms with Crippen LogP contribution in [0.3, 0.4) is 0 Å². The van der Waals surface area contributed by atoms with E-state index >= 15 is 0 Å². The molecule has 0 spiro atoms. The molecule has 0 amide bonds. The Morgan fingerprint density at radius 2 is 1.35 bits per heavy atom.